The van der Waals surface area contributed by atoms with Crippen molar-refractivity contribution >= 4 is 5.91 Å². The number of benzene rings is 1. The van der Waals surface area contributed by atoms with Crippen molar-refractivity contribution in [1.29, 1.82) is 0 Å². The van der Waals surface area contributed by atoms with E-state index >= 15 is 0 Å². The van der Waals surface area contributed by atoms with Crippen molar-refractivity contribution in [2.45, 2.75) is 13.5 Å². The van der Waals surface area contributed by atoms with Gasteiger partial charge in [-0.3, -0.25) is 9.89 Å². The summed E-state index contributed by atoms with van der Waals surface area (Å²) in [6.07, 6.45) is 1.58. The van der Waals surface area contributed by atoms with E-state index in [9.17, 15) is 4.79 Å². The average Bonchev–Trinajstić information content (AvgIpc) is 3.36. The highest BCUT2D eigenvalue weighted by atomic mass is 16.5. The minimum absolute atomic E-state index is 0.156. The largest absolute Gasteiger partial charge is 0.493 e. The summed E-state index contributed by atoms with van der Waals surface area (Å²) >= 11 is 0. The van der Waals surface area contributed by atoms with Crippen molar-refractivity contribution in [2.75, 3.05) is 20.8 Å². The highest BCUT2D eigenvalue weighted by molar-refractivity contribution is 5.93. The van der Waals surface area contributed by atoms with E-state index < -0.39 is 0 Å². The van der Waals surface area contributed by atoms with Crippen molar-refractivity contribution in [3.8, 4) is 23.0 Å². The van der Waals surface area contributed by atoms with Crippen LogP contribution in [0.25, 0.3) is 11.5 Å². The highest BCUT2D eigenvalue weighted by Crippen LogP contribution is 2.28. The van der Waals surface area contributed by atoms with Crippen LogP contribution < -0.4 is 9.47 Å². The molecule has 0 spiro atoms. The molecule has 136 valence electrons. The summed E-state index contributed by atoms with van der Waals surface area (Å²) in [6, 6.07) is 10.9. The van der Waals surface area contributed by atoms with Crippen LogP contribution >= 0.6 is 0 Å². The molecule has 3 rings (SSSR count). The smallest absolute Gasteiger partial charge is 0.274 e. The van der Waals surface area contributed by atoms with E-state index in [-0.39, 0.29) is 5.91 Å². The number of aromatic nitrogens is 2. The van der Waals surface area contributed by atoms with Crippen LogP contribution in [-0.2, 0) is 6.54 Å². The van der Waals surface area contributed by atoms with Gasteiger partial charge in [0.25, 0.3) is 5.91 Å². The molecule has 1 N–H and O–H groups in total. The van der Waals surface area contributed by atoms with Crippen LogP contribution in [0.1, 0.15) is 23.0 Å². The molecule has 0 unspecified atom stereocenters. The summed E-state index contributed by atoms with van der Waals surface area (Å²) in [6.45, 7) is 2.92. The maximum Gasteiger partial charge on any atom is 0.274 e. The van der Waals surface area contributed by atoms with Gasteiger partial charge in [-0.15, -0.1) is 0 Å². The molecular formula is C19H21N3O4. The molecular weight excluding hydrogens is 334 g/mol. The molecule has 1 aromatic carbocycles. The number of ether oxygens (including phenoxy) is 2. The lowest BCUT2D eigenvalue weighted by Crippen LogP contribution is -2.30. The molecule has 0 aliphatic heterocycles. The number of carbonyl (C=O) groups is 1. The Hall–Kier alpha value is -3.22. The number of nitrogens with one attached hydrogen (secondary N) is 1. The molecule has 1 amide bonds. The maximum atomic E-state index is 12.8. The molecule has 0 atom stereocenters. The summed E-state index contributed by atoms with van der Waals surface area (Å²) in [5.74, 6) is 1.77. The maximum absolute atomic E-state index is 12.8. The van der Waals surface area contributed by atoms with Gasteiger partial charge in [0.1, 0.15) is 5.69 Å². The fourth-order valence-electron chi connectivity index (χ4n) is 2.68. The number of aromatic amines is 1. The first kappa shape index (κ1) is 17.6. The lowest BCUT2D eigenvalue weighted by atomic mass is 10.1. The lowest BCUT2D eigenvalue weighted by Gasteiger charge is -2.20. The van der Waals surface area contributed by atoms with Crippen LogP contribution in [0.4, 0.5) is 0 Å². The van der Waals surface area contributed by atoms with Gasteiger partial charge in [0.05, 0.1) is 20.5 Å². The quantitative estimate of drug-likeness (QED) is 0.703. The summed E-state index contributed by atoms with van der Waals surface area (Å²) in [5, 5.41) is 6.96. The van der Waals surface area contributed by atoms with Gasteiger partial charge in [0, 0.05) is 19.2 Å². The SMILES string of the molecule is CCN(Cc1ccc(OC)c(OC)c1)C(=O)c1cc(-c2ccco2)[nH]n1. The molecule has 26 heavy (non-hydrogen) atoms. The van der Waals surface area contributed by atoms with Crippen LogP contribution in [0.2, 0.25) is 0 Å². The van der Waals surface area contributed by atoms with Crippen LogP contribution in [0.5, 0.6) is 11.5 Å². The number of nitrogens with zero attached hydrogens (tertiary/aromatic N) is 2. The van der Waals surface area contributed by atoms with Gasteiger partial charge < -0.3 is 18.8 Å². The minimum Gasteiger partial charge on any atom is -0.493 e. The molecule has 0 fully saturated rings. The van der Waals surface area contributed by atoms with Crippen LogP contribution in [0, 0.1) is 0 Å². The Labute approximate surface area is 151 Å². The van der Waals surface area contributed by atoms with Crippen LogP contribution in [0.15, 0.2) is 47.1 Å². The molecule has 0 saturated carbocycles. The number of methoxy groups -OCH3 is 2. The van der Waals surface area contributed by atoms with Gasteiger partial charge in [-0.2, -0.15) is 5.10 Å². The van der Waals surface area contributed by atoms with E-state index in [1.54, 1.807) is 37.5 Å². The number of hydrogen-bond donors (Lipinski definition) is 1. The number of furan rings is 1. The van der Waals surface area contributed by atoms with Crippen molar-refractivity contribution in [1.82, 2.24) is 15.1 Å². The molecule has 0 radical (unpaired) electrons. The predicted octanol–water partition coefficient (Wildman–Crippen LogP) is 3.35. The normalized spacial score (nSPS) is 10.6. The third-order valence-electron chi connectivity index (χ3n) is 4.07. The number of carbonyl (C=O) groups excluding carboxylic acids is 1. The molecule has 0 saturated heterocycles. The summed E-state index contributed by atoms with van der Waals surface area (Å²) in [5.41, 5.74) is 1.96. The first-order chi connectivity index (χ1) is 12.7. The Morgan fingerprint density at radius 3 is 2.65 bits per heavy atom. The van der Waals surface area contributed by atoms with E-state index in [0.717, 1.165) is 5.56 Å². The Balaban J connectivity index is 1.77. The predicted molar refractivity (Wildman–Crippen MR) is 96.3 cm³/mol. The molecule has 0 aliphatic rings. The zero-order chi connectivity index (χ0) is 18.5. The van der Waals surface area contributed by atoms with Gasteiger partial charge in [-0.1, -0.05) is 6.07 Å². The number of hydrogen-bond acceptors (Lipinski definition) is 5. The van der Waals surface area contributed by atoms with Gasteiger partial charge in [0.15, 0.2) is 23.0 Å². The summed E-state index contributed by atoms with van der Waals surface area (Å²) in [7, 11) is 3.18. The van der Waals surface area contributed by atoms with Crippen LogP contribution in [-0.4, -0.2) is 41.8 Å². The zero-order valence-corrected chi connectivity index (χ0v) is 15.0. The molecule has 2 aromatic heterocycles. The van der Waals surface area contributed by atoms with Crippen molar-refractivity contribution in [3.05, 3.63) is 53.9 Å². The van der Waals surface area contributed by atoms with Crippen molar-refractivity contribution < 1.29 is 18.7 Å². The summed E-state index contributed by atoms with van der Waals surface area (Å²) < 4.78 is 15.9. The first-order valence-electron chi connectivity index (χ1n) is 8.25. The van der Waals surface area contributed by atoms with Crippen molar-refractivity contribution in [2.24, 2.45) is 0 Å². The second-order valence-corrected chi connectivity index (χ2v) is 5.65. The van der Waals surface area contributed by atoms with E-state index in [1.807, 2.05) is 31.2 Å². The van der Waals surface area contributed by atoms with E-state index in [4.69, 9.17) is 13.9 Å². The fourth-order valence-corrected chi connectivity index (χ4v) is 2.68. The standard InChI is InChI=1S/C19H21N3O4/c1-4-22(12-13-7-8-17(24-2)18(10-13)25-3)19(23)15-11-14(20-21-15)16-6-5-9-26-16/h5-11H,4,12H2,1-3H3,(H,20,21). The number of rotatable bonds is 7. The fraction of sp³-hybridized carbons (Fsp3) is 0.263. The third-order valence-corrected chi connectivity index (χ3v) is 4.07. The van der Waals surface area contributed by atoms with E-state index in [2.05, 4.69) is 10.2 Å². The highest BCUT2D eigenvalue weighted by Gasteiger charge is 2.19. The Morgan fingerprint density at radius 1 is 1.19 bits per heavy atom. The Bertz CT molecular complexity index is 871. The lowest BCUT2D eigenvalue weighted by molar-refractivity contribution is 0.0746. The number of amides is 1. The molecule has 7 nitrogen and oxygen atoms in total. The second kappa shape index (κ2) is 7.77. The van der Waals surface area contributed by atoms with Crippen molar-refractivity contribution in [3.63, 3.8) is 0 Å². The molecule has 0 aliphatic carbocycles. The molecule has 3 aromatic rings. The van der Waals surface area contributed by atoms with E-state index in [0.29, 0.717) is 41.7 Å². The summed E-state index contributed by atoms with van der Waals surface area (Å²) in [4.78, 5) is 14.5. The average molecular weight is 355 g/mol. The zero-order valence-electron chi connectivity index (χ0n) is 15.0. The Morgan fingerprint density at radius 2 is 2.00 bits per heavy atom. The van der Waals surface area contributed by atoms with Crippen LogP contribution in [0.3, 0.4) is 0 Å². The molecule has 7 heteroatoms. The second-order valence-electron chi connectivity index (χ2n) is 5.65. The molecule has 0 bridgehead atoms. The topological polar surface area (TPSA) is 80.6 Å². The minimum atomic E-state index is -0.156. The molecule has 2 heterocycles. The first-order valence-corrected chi connectivity index (χ1v) is 8.25. The number of H-pyrrole nitrogens is 1. The van der Waals surface area contributed by atoms with Gasteiger partial charge in [-0.25, -0.2) is 0 Å². The third kappa shape index (κ3) is 3.56. The van der Waals surface area contributed by atoms with Gasteiger partial charge >= 0.3 is 0 Å². The van der Waals surface area contributed by atoms with E-state index in [1.165, 1.54) is 0 Å². The monoisotopic (exact) mass is 355 g/mol. The Kier molecular flexibility index (Phi) is 5.26. The van der Waals surface area contributed by atoms with Gasteiger partial charge in [-0.05, 0) is 36.8 Å². The van der Waals surface area contributed by atoms with Gasteiger partial charge in [0.2, 0.25) is 0 Å².